The molecule has 4 heteroatoms. The van der Waals surface area contributed by atoms with E-state index in [2.05, 4.69) is 17.4 Å². The second kappa shape index (κ2) is 6.58. The Hall–Kier alpha value is -1.39. The maximum atomic E-state index is 12.2. The Morgan fingerprint density at radius 3 is 3.10 bits per heavy atom. The normalized spacial score (nSPS) is 24.6. The summed E-state index contributed by atoms with van der Waals surface area (Å²) in [5, 5.41) is 3.03. The minimum absolute atomic E-state index is 0.0320. The van der Waals surface area contributed by atoms with Gasteiger partial charge in [0.25, 0.3) is 0 Å². The number of ether oxygens (including phenoxy) is 2. The fourth-order valence-electron chi connectivity index (χ4n) is 3.35. The molecule has 0 bridgehead atoms. The van der Waals surface area contributed by atoms with Crippen LogP contribution in [0.25, 0.3) is 0 Å². The van der Waals surface area contributed by atoms with Crippen molar-refractivity contribution in [3.8, 4) is 0 Å². The summed E-state index contributed by atoms with van der Waals surface area (Å²) in [5.41, 5.74) is 3.73. The Labute approximate surface area is 125 Å². The summed E-state index contributed by atoms with van der Waals surface area (Å²) in [4.78, 5) is 12.2. The molecule has 1 aliphatic carbocycles. The van der Waals surface area contributed by atoms with Crippen LogP contribution in [0.2, 0.25) is 0 Å². The first-order chi connectivity index (χ1) is 10.3. The number of hydrogen-bond donors (Lipinski definition) is 1. The van der Waals surface area contributed by atoms with E-state index in [0.29, 0.717) is 13.0 Å². The molecule has 0 aromatic heterocycles. The van der Waals surface area contributed by atoms with Crippen LogP contribution in [0.1, 0.15) is 30.4 Å². The summed E-state index contributed by atoms with van der Waals surface area (Å²) in [7, 11) is 1.69. The number of nitrogens with one attached hydrogen (secondary N) is 1. The summed E-state index contributed by atoms with van der Waals surface area (Å²) in [6.07, 6.45) is 4.94. The molecular weight excluding hydrogens is 266 g/mol. The Bertz CT molecular complexity index is 515. The summed E-state index contributed by atoms with van der Waals surface area (Å²) in [6.45, 7) is 1.31. The predicted octanol–water partition coefficient (Wildman–Crippen LogP) is 2.56. The number of carbonyl (C=O) groups is 1. The second-order valence-electron chi connectivity index (χ2n) is 5.99. The monoisotopic (exact) mass is 289 g/mol. The lowest BCUT2D eigenvalue weighted by Crippen LogP contribution is -2.36. The van der Waals surface area contributed by atoms with E-state index < -0.39 is 0 Å². The van der Waals surface area contributed by atoms with E-state index in [-0.39, 0.29) is 17.9 Å². The van der Waals surface area contributed by atoms with E-state index in [1.807, 2.05) is 6.07 Å². The Morgan fingerprint density at radius 1 is 1.38 bits per heavy atom. The summed E-state index contributed by atoms with van der Waals surface area (Å²) < 4.78 is 10.8. The van der Waals surface area contributed by atoms with E-state index in [4.69, 9.17) is 9.47 Å². The average Bonchev–Trinajstić information content (AvgIpc) is 2.95. The fourth-order valence-corrected chi connectivity index (χ4v) is 3.35. The van der Waals surface area contributed by atoms with Gasteiger partial charge in [-0.25, -0.2) is 0 Å². The van der Waals surface area contributed by atoms with Crippen LogP contribution in [0, 0.1) is 5.92 Å². The highest BCUT2D eigenvalue weighted by Gasteiger charge is 2.27. The maximum Gasteiger partial charge on any atom is 0.224 e. The number of aryl methyl sites for hydroxylation is 2. The molecule has 1 aromatic rings. The zero-order chi connectivity index (χ0) is 14.7. The SMILES string of the molecule is CO[C@@H]1COCC[C@@H]1CC(=O)Nc1ccc2c(c1)CCC2. The van der Waals surface area contributed by atoms with Crippen LogP contribution < -0.4 is 5.32 Å². The van der Waals surface area contributed by atoms with Crippen molar-refractivity contribution in [1.29, 1.82) is 0 Å². The van der Waals surface area contributed by atoms with Crippen molar-refractivity contribution in [3.05, 3.63) is 29.3 Å². The van der Waals surface area contributed by atoms with Gasteiger partial charge in [0.15, 0.2) is 0 Å². The van der Waals surface area contributed by atoms with Crippen LogP contribution in [-0.2, 0) is 27.1 Å². The van der Waals surface area contributed by atoms with Crippen LogP contribution in [0.4, 0.5) is 5.69 Å². The quantitative estimate of drug-likeness (QED) is 0.926. The van der Waals surface area contributed by atoms with Crippen LogP contribution >= 0.6 is 0 Å². The molecule has 2 aliphatic rings. The van der Waals surface area contributed by atoms with Crippen LogP contribution in [0.15, 0.2) is 18.2 Å². The number of amides is 1. The van der Waals surface area contributed by atoms with E-state index >= 15 is 0 Å². The minimum atomic E-state index is 0.0320. The lowest BCUT2D eigenvalue weighted by atomic mass is 9.93. The van der Waals surface area contributed by atoms with Gasteiger partial charge in [0.2, 0.25) is 5.91 Å². The van der Waals surface area contributed by atoms with Crippen molar-refractivity contribution >= 4 is 11.6 Å². The molecule has 1 saturated heterocycles. The van der Waals surface area contributed by atoms with Crippen molar-refractivity contribution in [2.45, 2.75) is 38.2 Å². The topological polar surface area (TPSA) is 47.6 Å². The van der Waals surface area contributed by atoms with Crippen LogP contribution in [0.5, 0.6) is 0 Å². The second-order valence-corrected chi connectivity index (χ2v) is 5.99. The van der Waals surface area contributed by atoms with Gasteiger partial charge < -0.3 is 14.8 Å². The number of fused-ring (bicyclic) bond motifs is 1. The number of benzene rings is 1. The Morgan fingerprint density at radius 2 is 2.24 bits per heavy atom. The molecule has 4 nitrogen and oxygen atoms in total. The minimum Gasteiger partial charge on any atom is -0.379 e. The van der Waals surface area contributed by atoms with E-state index in [1.54, 1.807) is 7.11 Å². The largest absolute Gasteiger partial charge is 0.379 e. The Kier molecular flexibility index (Phi) is 4.56. The number of anilines is 1. The third kappa shape index (κ3) is 3.44. The van der Waals surface area contributed by atoms with Gasteiger partial charge >= 0.3 is 0 Å². The molecule has 1 amide bonds. The number of hydrogen-bond acceptors (Lipinski definition) is 3. The van der Waals surface area contributed by atoms with Gasteiger partial charge in [-0.1, -0.05) is 6.07 Å². The molecule has 1 fully saturated rings. The molecular formula is C17H23NO3. The third-order valence-corrected chi connectivity index (χ3v) is 4.57. The average molecular weight is 289 g/mol. The van der Waals surface area contributed by atoms with Crippen molar-refractivity contribution in [2.24, 2.45) is 5.92 Å². The molecule has 0 spiro atoms. The first kappa shape index (κ1) is 14.5. The number of methoxy groups -OCH3 is 1. The van der Waals surface area contributed by atoms with Gasteiger partial charge in [-0.15, -0.1) is 0 Å². The molecule has 2 atom stereocenters. The van der Waals surface area contributed by atoms with Gasteiger partial charge in [0.05, 0.1) is 12.7 Å². The smallest absolute Gasteiger partial charge is 0.224 e. The van der Waals surface area contributed by atoms with Crippen LogP contribution in [-0.4, -0.2) is 32.3 Å². The van der Waals surface area contributed by atoms with Crippen LogP contribution in [0.3, 0.4) is 0 Å². The fraction of sp³-hybridized carbons (Fsp3) is 0.588. The molecule has 1 heterocycles. The molecule has 0 unspecified atom stereocenters. The highest BCUT2D eigenvalue weighted by Crippen LogP contribution is 2.26. The summed E-state index contributed by atoms with van der Waals surface area (Å²) >= 11 is 0. The van der Waals surface area contributed by atoms with E-state index in [9.17, 15) is 4.79 Å². The van der Waals surface area contributed by atoms with Gasteiger partial charge in [-0.2, -0.15) is 0 Å². The van der Waals surface area contributed by atoms with Gasteiger partial charge in [0, 0.05) is 25.8 Å². The zero-order valence-corrected chi connectivity index (χ0v) is 12.6. The zero-order valence-electron chi connectivity index (χ0n) is 12.6. The van der Waals surface area contributed by atoms with Gasteiger partial charge in [-0.3, -0.25) is 4.79 Å². The molecule has 1 aliphatic heterocycles. The molecule has 3 rings (SSSR count). The van der Waals surface area contributed by atoms with Gasteiger partial charge in [-0.05, 0) is 54.9 Å². The summed E-state index contributed by atoms with van der Waals surface area (Å²) in [6, 6.07) is 6.28. The predicted molar refractivity (Wildman–Crippen MR) is 81.4 cm³/mol. The van der Waals surface area contributed by atoms with Crippen molar-refractivity contribution in [1.82, 2.24) is 0 Å². The number of rotatable bonds is 4. The van der Waals surface area contributed by atoms with Crippen molar-refractivity contribution in [2.75, 3.05) is 25.6 Å². The lowest BCUT2D eigenvalue weighted by molar-refractivity contribution is -0.121. The first-order valence-corrected chi connectivity index (χ1v) is 7.78. The Balaban J connectivity index is 1.58. The van der Waals surface area contributed by atoms with E-state index in [1.165, 1.54) is 24.0 Å². The maximum absolute atomic E-state index is 12.2. The van der Waals surface area contributed by atoms with E-state index in [0.717, 1.165) is 25.1 Å². The molecule has 114 valence electrons. The third-order valence-electron chi connectivity index (χ3n) is 4.57. The van der Waals surface area contributed by atoms with Gasteiger partial charge in [0.1, 0.15) is 0 Å². The first-order valence-electron chi connectivity index (χ1n) is 7.78. The molecule has 0 radical (unpaired) electrons. The molecule has 21 heavy (non-hydrogen) atoms. The summed E-state index contributed by atoms with van der Waals surface area (Å²) in [5.74, 6) is 0.320. The molecule has 1 aromatic carbocycles. The lowest BCUT2D eigenvalue weighted by Gasteiger charge is -2.29. The van der Waals surface area contributed by atoms with Crippen molar-refractivity contribution < 1.29 is 14.3 Å². The molecule has 0 saturated carbocycles. The highest BCUT2D eigenvalue weighted by atomic mass is 16.5. The van der Waals surface area contributed by atoms with Crippen molar-refractivity contribution in [3.63, 3.8) is 0 Å². The highest BCUT2D eigenvalue weighted by molar-refractivity contribution is 5.91. The number of carbonyl (C=O) groups excluding carboxylic acids is 1. The molecule has 1 N–H and O–H groups in total. The standard InChI is InChI=1S/C17H23NO3/c1-20-16-11-21-8-7-14(16)10-17(19)18-15-6-5-12-3-2-4-13(12)9-15/h5-6,9,14,16H,2-4,7-8,10-11H2,1H3,(H,18,19)/t14-,16-/m1/s1.